The highest BCUT2D eigenvalue weighted by Gasteiger charge is 2.09. The van der Waals surface area contributed by atoms with Crippen molar-refractivity contribution in [1.29, 1.82) is 0 Å². The van der Waals surface area contributed by atoms with Crippen LogP contribution < -0.4 is 4.80 Å². The maximum atomic E-state index is 6.29. The zero-order chi connectivity index (χ0) is 15.7. The van der Waals surface area contributed by atoms with E-state index >= 15 is 0 Å². The molecule has 0 amide bonds. The highest BCUT2D eigenvalue weighted by atomic mass is 35.5. The Bertz CT molecular complexity index is 899. The molecule has 120 valence electrons. The highest BCUT2D eigenvalue weighted by molar-refractivity contribution is 7.07. The van der Waals surface area contributed by atoms with Crippen LogP contribution in [-0.4, -0.2) is 4.57 Å². The fraction of sp³-hybridized carbons (Fsp3) is 0.0625. The number of hydrogen-bond donors (Lipinski definition) is 0. The van der Waals surface area contributed by atoms with E-state index in [0.29, 0.717) is 15.1 Å². The molecule has 0 aliphatic heterocycles. The summed E-state index contributed by atoms with van der Waals surface area (Å²) in [5.41, 5.74) is 2.74. The van der Waals surface area contributed by atoms with Gasteiger partial charge in [0, 0.05) is 28.0 Å². The zero-order valence-corrected chi connectivity index (χ0v) is 15.9. The molecule has 0 saturated carbocycles. The Labute approximate surface area is 159 Å². The molecular formula is C16H12Cl4N2S. The van der Waals surface area contributed by atoms with Crippen molar-refractivity contribution in [3.05, 3.63) is 67.7 Å². The standard InChI is InChI=1S/C16H11Cl3N2S.ClH/c1-21-15(13-6-5-11(18)8-14(13)19)9-22-16(21)20-12-4-2-3-10(17)7-12;/h2-9H,1H3;1H. The van der Waals surface area contributed by atoms with Crippen molar-refractivity contribution in [2.24, 2.45) is 12.0 Å². The molecule has 1 heterocycles. The Kier molecular flexibility index (Phi) is 6.18. The average Bonchev–Trinajstić information content (AvgIpc) is 2.81. The molecule has 0 aliphatic rings. The van der Waals surface area contributed by atoms with Crippen LogP contribution in [0.5, 0.6) is 0 Å². The molecule has 0 atom stereocenters. The summed E-state index contributed by atoms with van der Waals surface area (Å²) in [6.07, 6.45) is 0. The van der Waals surface area contributed by atoms with Gasteiger partial charge in [-0.15, -0.1) is 23.7 Å². The fourth-order valence-electron chi connectivity index (χ4n) is 2.07. The molecule has 2 nitrogen and oxygen atoms in total. The Balaban J connectivity index is 0.00000192. The third-order valence-electron chi connectivity index (χ3n) is 3.16. The van der Waals surface area contributed by atoms with E-state index in [-0.39, 0.29) is 12.4 Å². The molecule has 3 aromatic rings. The van der Waals surface area contributed by atoms with Crippen molar-refractivity contribution >= 4 is 64.2 Å². The van der Waals surface area contributed by atoms with Gasteiger partial charge in [-0.1, -0.05) is 40.9 Å². The van der Waals surface area contributed by atoms with E-state index in [0.717, 1.165) is 21.7 Å². The lowest BCUT2D eigenvalue weighted by Crippen LogP contribution is -2.10. The Morgan fingerprint density at radius 3 is 2.43 bits per heavy atom. The molecule has 0 saturated heterocycles. The summed E-state index contributed by atoms with van der Waals surface area (Å²) in [5.74, 6) is 0. The highest BCUT2D eigenvalue weighted by Crippen LogP contribution is 2.30. The SMILES string of the molecule is Cl.Cn1c(-c2ccc(Cl)cc2Cl)csc1=Nc1cccc(Cl)c1. The van der Waals surface area contributed by atoms with Crippen molar-refractivity contribution in [2.75, 3.05) is 0 Å². The number of benzene rings is 2. The zero-order valence-electron chi connectivity index (χ0n) is 12.0. The van der Waals surface area contributed by atoms with Crippen LogP contribution in [0.2, 0.25) is 15.1 Å². The Morgan fingerprint density at radius 2 is 1.74 bits per heavy atom. The molecule has 3 rings (SSSR count). The van der Waals surface area contributed by atoms with Crippen LogP contribution in [0.25, 0.3) is 11.3 Å². The number of thiazole rings is 1. The van der Waals surface area contributed by atoms with Gasteiger partial charge < -0.3 is 4.57 Å². The van der Waals surface area contributed by atoms with Crippen LogP contribution in [0.1, 0.15) is 0 Å². The lowest BCUT2D eigenvalue weighted by atomic mass is 10.2. The molecule has 0 bridgehead atoms. The molecule has 0 N–H and O–H groups in total. The first kappa shape index (κ1) is 18.4. The lowest BCUT2D eigenvalue weighted by Gasteiger charge is -2.05. The Morgan fingerprint density at radius 1 is 1.00 bits per heavy atom. The maximum absolute atomic E-state index is 6.29. The minimum atomic E-state index is 0. The number of aromatic nitrogens is 1. The van der Waals surface area contributed by atoms with Gasteiger partial charge in [-0.2, -0.15) is 0 Å². The summed E-state index contributed by atoms with van der Waals surface area (Å²) in [6.45, 7) is 0. The minimum absolute atomic E-state index is 0. The predicted molar refractivity (Wildman–Crippen MR) is 103 cm³/mol. The van der Waals surface area contributed by atoms with E-state index in [1.807, 2.05) is 53.4 Å². The van der Waals surface area contributed by atoms with Crippen LogP contribution in [-0.2, 0) is 7.05 Å². The van der Waals surface area contributed by atoms with E-state index in [1.165, 1.54) is 0 Å². The van der Waals surface area contributed by atoms with E-state index in [2.05, 4.69) is 4.99 Å². The second kappa shape index (κ2) is 7.73. The second-order valence-electron chi connectivity index (χ2n) is 4.68. The number of hydrogen-bond acceptors (Lipinski definition) is 2. The van der Waals surface area contributed by atoms with Gasteiger partial charge in [-0.3, -0.25) is 0 Å². The first-order valence-corrected chi connectivity index (χ1v) is 8.46. The van der Waals surface area contributed by atoms with Crippen molar-refractivity contribution in [1.82, 2.24) is 4.57 Å². The smallest absolute Gasteiger partial charge is 0.190 e. The van der Waals surface area contributed by atoms with Gasteiger partial charge in [0.05, 0.1) is 16.4 Å². The molecular weight excluding hydrogens is 394 g/mol. The normalized spacial score (nSPS) is 11.4. The van der Waals surface area contributed by atoms with E-state index in [4.69, 9.17) is 34.8 Å². The van der Waals surface area contributed by atoms with Gasteiger partial charge in [-0.25, -0.2) is 4.99 Å². The molecule has 1 aromatic heterocycles. The summed E-state index contributed by atoms with van der Waals surface area (Å²) in [4.78, 5) is 5.49. The predicted octanol–water partition coefficient (Wildman–Crippen LogP) is 6.37. The van der Waals surface area contributed by atoms with E-state index in [1.54, 1.807) is 17.4 Å². The molecule has 0 radical (unpaired) electrons. The van der Waals surface area contributed by atoms with Gasteiger partial charge in [0.25, 0.3) is 0 Å². The van der Waals surface area contributed by atoms with E-state index in [9.17, 15) is 0 Å². The molecule has 0 aliphatic carbocycles. The van der Waals surface area contributed by atoms with Gasteiger partial charge in [-0.05, 0) is 36.4 Å². The fourth-order valence-corrected chi connectivity index (χ4v) is 3.68. The van der Waals surface area contributed by atoms with Crippen LogP contribution >= 0.6 is 58.5 Å². The molecule has 23 heavy (non-hydrogen) atoms. The molecule has 2 aromatic carbocycles. The largest absolute Gasteiger partial charge is 0.319 e. The topological polar surface area (TPSA) is 17.3 Å². The number of nitrogens with zero attached hydrogens (tertiary/aromatic N) is 2. The van der Waals surface area contributed by atoms with Crippen LogP contribution in [0.3, 0.4) is 0 Å². The third kappa shape index (κ3) is 4.11. The van der Waals surface area contributed by atoms with Gasteiger partial charge in [0.1, 0.15) is 0 Å². The second-order valence-corrected chi connectivity index (χ2v) is 6.80. The van der Waals surface area contributed by atoms with Crippen molar-refractivity contribution in [2.45, 2.75) is 0 Å². The number of halogens is 4. The van der Waals surface area contributed by atoms with Crippen LogP contribution in [0.4, 0.5) is 5.69 Å². The minimum Gasteiger partial charge on any atom is -0.319 e. The average molecular weight is 406 g/mol. The van der Waals surface area contributed by atoms with Gasteiger partial charge in [0.2, 0.25) is 0 Å². The Hall–Kier alpha value is -0.970. The monoisotopic (exact) mass is 404 g/mol. The third-order valence-corrected chi connectivity index (χ3v) is 4.86. The summed E-state index contributed by atoms with van der Waals surface area (Å²) < 4.78 is 2.00. The summed E-state index contributed by atoms with van der Waals surface area (Å²) in [7, 11) is 1.96. The van der Waals surface area contributed by atoms with Gasteiger partial charge >= 0.3 is 0 Å². The quantitative estimate of drug-likeness (QED) is 0.471. The van der Waals surface area contributed by atoms with Crippen LogP contribution in [0.15, 0.2) is 52.8 Å². The molecule has 0 spiro atoms. The van der Waals surface area contributed by atoms with Crippen molar-refractivity contribution < 1.29 is 0 Å². The molecule has 7 heteroatoms. The van der Waals surface area contributed by atoms with Crippen molar-refractivity contribution in [3.63, 3.8) is 0 Å². The van der Waals surface area contributed by atoms with E-state index < -0.39 is 0 Å². The number of rotatable bonds is 2. The maximum Gasteiger partial charge on any atom is 0.190 e. The first-order chi connectivity index (χ1) is 10.5. The van der Waals surface area contributed by atoms with Crippen LogP contribution in [0, 0.1) is 0 Å². The molecule has 0 unspecified atom stereocenters. The molecule has 0 fully saturated rings. The van der Waals surface area contributed by atoms with Crippen molar-refractivity contribution in [3.8, 4) is 11.3 Å². The summed E-state index contributed by atoms with van der Waals surface area (Å²) in [6, 6.07) is 12.9. The lowest BCUT2D eigenvalue weighted by molar-refractivity contribution is 0.883. The summed E-state index contributed by atoms with van der Waals surface area (Å²) in [5, 5.41) is 3.94. The summed E-state index contributed by atoms with van der Waals surface area (Å²) >= 11 is 19.8. The van der Waals surface area contributed by atoms with Gasteiger partial charge in [0.15, 0.2) is 4.80 Å². The first-order valence-electron chi connectivity index (χ1n) is 6.45.